The molecule has 1 rings (SSSR count). The van der Waals surface area contributed by atoms with Crippen molar-refractivity contribution in [1.29, 1.82) is 0 Å². The van der Waals surface area contributed by atoms with Gasteiger partial charge in [-0.2, -0.15) is 0 Å². The van der Waals surface area contributed by atoms with Gasteiger partial charge in [0.25, 0.3) is 0 Å². The zero-order valence-electron chi connectivity index (χ0n) is 7.82. The lowest BCUT2D eigenvalue weighted by molar-refractivity contribution is -0.136. The fourth-order valence-corrected chi connectivity index (χ4v) is 1.14. The Hall–Kier alpha value is -1.22. The second-order valence-corrected chi connectivity index (χ2v) is 3.06. The molecule has 0 spiro atoms. The Morgan fingerprint density at radius 3 is 2.77 bits per heavy atom. The number of pyridine rings is 1. The molecule has 70 valence electrons. The average molecular weight is 179 g/mol. The highest BCUT2D eigenvalue weighted by Crippen LogP contribution is 2.20. The van der Waals surface area contributed by atoms with Crippen LogP contribution in [0.25, 0.3) is 0 Å². The van der Waals surface area contributed by atoms with Gasteiger partial charge in [-0.15, -0.1) is 0 Å². The highest BCUT2D eigenvalue weighted by Gasteiger charge is 2.31. The third-order valence-corrected chi connectivity index (χ3v) is 2.03. The van der Waals surface area contributed by atoms with E-state index in [1.807, 2.05) is 0 Å². The molecular formula is C10H13NO2. The molecule has 1 N–H and O–H groups in total. The summed E-state index contributed by atoms with van der Waals surface area (Å²) in [5.74, 6) is -0.216. The standard InChI is InChI=1S/C10H13NO2/c1-3-9(12)10(2,13)8-6-4-5-7-11-8/h4-7,13H,3H2,1-2H3. The van der Waals surface area contributed by atoms with E-state index >= 15 is 0 Å². The Morgan fingerprint density at radius 1 is 1.62 bits per heavy atom. The summed E-state index contributed by atoms with van der Waals surface area (Å²) < 4.78 is 0. The maximum Gasteiger partial charge on any atom is 0.169 e. The number of carbonyl (C=O) groups excluding carboxylic acids is 1. The van der Waals surface area contributed by atoms with Crippen LogP contribution in [0.4, 0.5) is 0 Å². The molecule has 1 unspecified atom stereocenters. The molecule has 13 heavy (non-hydrogen) atoms. The van der Waals surface area contributed by atoms with Crippen LogP contribution in [-0.2, 0) is 10.4 Å². The summed E-state index contributed by atoms with van der Waals surface area (Å²) in [6.45, 7) is 3.20. The normalized spacial score (nSPS) is 15.0. The molecule has 0 fully saturated rings. The Morgan fingerprint density at radius 2 is 2.31 bits per heavy atom. The van der Waals surface area contributed by atoms with Crippen molar-refractivity contribution in [2.24, 2.45) is 0 Å². The number of hydrogen-bond acceptors (Lipinski definition) is 3. The minimum atomic E-state index is -1.45. The Bertz CT molecular complexity index is 293. The number of Topliss-reactive ketones (excluding diaryl/α,β-unsaturated/α-hetero) is 1. The minimum Gasteiger partial charge on any atom is -0.376 e. The predicted molar refractivity (Wildman–Crippen MR) is 49.1 cm³/mol. The topological polar surface area (TPSA) is 50.2 Å². The maximum absolute atomic E-state index is 11.3. The predicted octanol–water partition coefficient (Wildman–Crippen LogP) is 1.27. The Balaban J connectivity index is 3.00. The minimum absolute atomic E-state index is 0.216. The summed E-state index contributed by atoms with van der Waals surface area (Å²) in [4.78, 5) is 15.3. The number of rotatable bonds is 3. The molecule has 3 heteroatoms. The molecule has 0 aliphatic heterocycles. The van der Waals surface area contributed by atoms with Crippen molar-refractivity contribution >= 4 is 5.78 Å². The average Bonchev–Trinajstić information content (AvgIpc) is 2.18. The highest BCUT2D eigenvalue weighted by molar-refractivity contribution is 5.87. The second kappa shape index (κ2) is 3.66. The molecule has 0 saturated heterocycles. The van der Waals surface area contributed by atoms with Crippen LogP contribution in [0.15, 0.2) is 24.4 Å². The fraction of sp³-hybridized carbons (Fsp3) is 0.400. The van der Waals surface area contributed by atoms with Gasteiger partial charge in [0, 0.05) is 12.6 Å². The SMILES string of the molecule is CCC(=O)C(C)(O)c1ccccn1. The molecule has 0 aliphatic rings. The summed E-state index contributed by atoms with van der Waals surface area (Å²) in [6.07, 6.45) is 1.87. The van der Waals surface area contributed by atoms with Crippen molar-refractivity contribution in [3.63, 3.8) is 0 Å². The van der Waals surface area contributed by atoms with Gasteiger partial charge in [0.1, 0.15) is 0 Å². The zero-order valence-corrected chi connectivity index (χ0v) is 7.82. The van der Waals surface area contributed by atoms with Crippen LogP contribution in [0.1, 0.15) is 26.0 Å². The molecule has 1 heterocycles. The van der Waals surface area contributed by atoms with E-state index in [2.05, 4.69) is 4.98 Å². The van der Waals surface area contributed by atoms with Crippen molar-refractivity contribution in [2.75, 3.05) is 0 Å². The van der Waals surface area contributed by atoms with Crippen LogP contribution in [0.3, 0.4) is 0 Å². The lowest BCUT2D eigenvalue weighted by Crippen LogP contribution is -2.32. The van der Waals surface area contributed by atoms with Crippen molar-refractivity contribution in [2.45, 2.75) is 25.9 Å². The second-order valence-electron chi connectivity index (χ2n) is 3.06. The maximum atomic E-state index is 11.3. The molecule has 0 saturated carbocycles. The number of ketones is 1. The van der Waals surface area contributed by atoms with Gasteiger partial charge in [-0.3, -0.25) is 9.78 Å². The van der Waals surface area contributed by atoms with Gasteiger partial charge in [-0.25, -0.2) is 0 Å². The summed E-state index contributed by atoms with van der Waals surface area (Å²) in [6, 6.07) is 5.14. The zero-order chi connectivity index (χ0) is 9.90. The quantitative estimate of drug-likeness (QED) is 0.760. The number of aliphatic hydroxyl groups is 1. The van der Waals surface area contributed by atoms with E-state index in [1.54, 1.807) is 31.3 Å². The molecular weight excluding hydrogens is 166 g/mol. The van der Waals surface area contributed by atoms with Crippen LogP contribution in [0, 0.1) is 0 Å². The van der Waals surface area contributed by atoms with E-state index in [-0.39, 0.29) is 5.78 Å². The first-order valence-corrected chi connectivity index (χ1v) is 4.26. The van der Waals surface area contributed by atoms with E-state index in [9.17, 15) is 9.90 Å². The molecule has 0 radical (unpaired) electrons. The van der Waals surface area contributed by atoms with Gasteiger partial charge >= 0.3 is 0 Å². The van der Waals surface area contributed by atoms with Gasteiger partial charge in [0.15, 0.2) is 11.4 Å². The summed E-state index contributed by atoms with van der Waals surface area (Å²) >= 11 is 0. The number of carbonyl (C=O) groups is 1. The van der Waals surface area contributed by atoms with Crippen LogP contribution in [0.5, 0.6) is 0 Å². The van der Waals surface area contributed by atoms with Crippen molar-refractivity contribution in [3.05, 3.63) is 30.1 Å². The lowest BCUT2D eigenvalue weighted by atomic mass is 9.94. The van der Waals surface area contributed by atoms with Crippen LogP contribution < -0.4 is 0 Å². The fourth-order valence-electron chi connectivity index (χ4n) is 1.14. The summed E-state index contributed by atoms with van der Waals surface area (Å²) in [5, 5.41) is 9.84. The summed E-state index contributed by atoms with van der Waals surface area (Å²) in [7, 11) is 0. The van der Waals surface area contributed by atoms with Gasteiger partial charge in [0.05, 0.1) is 5.69 Å². The van der Waals surface area contributed by atoms with Gasteiger partial charge in [-0.1, -0.05) is 13.0 Å². The van der Waals surface area contributed by atoms with Crippen LogP contribution in [-0.4, -0.2) is 15.9 Å². The van der Waals surface area contributed by atoms with E-state index in [1.165, 1.54) is 6.92 Å². The van der Waals surface area contributed by atoms with Crippen LogP contribution >= 0.6 is 0 Å². The van der Waals surface area contributed by atoms with E-state index in [0.29, 0.717) is 12.1 Å². The first-order valence-electron chi connectivity index (χ1n) is 4.26. The third kappa shape index (κ3) is 1.92. The molecule has 1 aromatic rings. The molecule has 0 aromatic carbocycles. The number of hydrogen-bond donors (Lipinski definition) is 1. The lowest BCUT2D eigenvalue weighted by Gasteiger charge is -2.19. The van der Waals surface area contributed by atoms with Crippen molar-refractivity contribution in [1.82, 2.24) is 4.98 Å². The molecule has 0 amide bonds. The van der Waals surface area contributed by atoms with E-state index in [4.69, 9.17) is 0 Å². The largest absolute Gasteiger partial charge is 0.376 e. The molecule has 1 aromatic heterocycles. The van der Waals surface area contributed by atoms with Crippen LogP contribution in [0.2, 0.25) is 0 Å². The monoisotopic (exact) mass is 179 g/mol. The molecule has 1 atom stereocenters. The molecule has 0 aliphatic carbocycles. The van der Waals surface area contributed by atoms with E-state index in [0.717, 1.165) is 0 Å². The first-order chi connectivity index (χ1) is 6.09. The molecule has 3 nitrogen and oxygen atoms in total. The highest BCUT2D eigenvalue weighted by atomic mass is 16.3. The third-order valence-electron chi connectivity index (χ3n) is 2.03. The smallest absolute Gasteiger partial charge is 0.169 e. The van der Waals surface area contributed by atoms with Crippen molar-refractivity contribution < 1.29 is 9.90 Å². The Kier molecular flexibility index (Phi) is 2.78. The molecule has 0 bridgehead atoms. The van der Waals surface area contributed by atoms with Gasteiger partial charge < -0.3 is 5.11 Å². The van der Waals surface area contributed by atoms with Crippen molar-refractivity contribution in [3.8, 4) is 0 Å². The summed E-state index contributed by atoms with van der Waals surface area (Å²) in [5.41, 5.74) is -1.04. The van der Waals surface area contributed by atoms with Gasteiger partial charge in [0.2, 0.25) is 0 Å². The van der Waals surface area contributed by atoms with Gasteiger partial charge in [-0.05, 0) is 19.1 Å². The number of nitrogens with zero attached hydrogens (tertiary/aromatic N) is 1. The number of aromatic nitrogens is 1. The Labute approximate surface area is 77.4 Å². The van der Waals surface area contributed by atoms with E-state index < -0.39 is 5.60 Å². The first kappa shape index (κ1) is 9.86.